The fraction of sp³-hybridized carbons (Fsp3) is 0.615. The van der Waals surface area contributed by atoms with E-state index in [0.29, 0.717) is 25.3 Å². The lowest BCUT2D eigenvalue weighted by molar-refractivity contribution is -0.158. The van der Waals surface area contributed by atoms with Gasteiger partial charge in [-0.3, -0.25) is 4.79 Å². The minimum absolute atomic E-state index is 0.0480. The van der Waals surface area contributed by atoms with Crippen molar-refractivity contribution in [1.82, 2.24) is 10.1 Å². The highest BCUT2D eigenvalue weighted by Gasteiger charge is 2.32. The maximum atomic E-state index is 12.2. The van der Waals surface area contributed by atoms with Crippen molar-refractivity contribution < 1.29 is 24.0 Å². The number of ether oxygens (including phenoxy) is 1. The summed E-state index contributed by atoms with van der Waals surface area (Å²) in [6, 6.07) is -0.888. The molecule has 1 fully saturated rings. The molecular weight excluding hydrogens is 264 g/mol. The van der Waals surface area contributed by atoms with E-state index in [9.17, 15) is 9.59 Å². The van der Waals surface area contributed by atoms with Crippen molar-refractivity contribution >= 4 is 11.9 Å². The van der Waals surface area contributed by atoms with Gasteiger partial charge in [0.25, 0.3) is 0 Å². The smallest absolute Gasteiger partial charge is 0.328 e. The van der Waals surface area contributed by atoms with E-state index in [1.165, 1.54) is 4.90 Å². The Bertz CT molecular complexity index is 491. The largest absolute Gasteiger partial charge is 0.480 e. The third-order valence-corrected chi connectivity index (χ3v) is 3.50. The van der Waals surface area contributed by atoms with Crippen molar-refractivity contribution in [2.45, 2.75) is 32.7 Å². The maximum Gasteiger partial charge on any atom is 0.328 e. The van der Waals surface area contributed by atoms with Gasteiger partial charge in [-0.25, -0.2) is 4.79 Å². The summed E-state index contributed by atoms with van der Waals surface area (Å²) in [6.07, 6.45) is 0.746. The first-order chi connectivity index (χ1) is 9.50. The SMILES string of the molecule is Cc1noc(C)c1CCC(=O)N1CCOCC1C(=O)O. The molecule has 0 saturated carbocycles. The molecule has 0 spiro atoms. The molecule has 1 atom stereocenters. The quantitative estimate of drug-likeness (QED) is 0.866. The van der Waals surface area contributed by atoms with E-state index in [2.05, 4.69) is 5.16 Å². The molecule has 2 rings (SSSR count). The van der Waals surface area contributed by atoms with Gasteiger partial charge in [0.15, 0.2) is 6.04 Å². The average molecular weight is 282 g/mol. The molecule has 20 heavy (non-hydrogen) atoms. The Kier molecular flexibility index (Phi) is 4.39. The second-order valence-corrected chi connectivity index (χ2v) is 4.82. The summed E-state index contributed by atoms with van der Waals surface area (Å²) in [5.41, 5.74) is 1.69. The average Bonchev–Trinajstić information content (AvgIpc) is 2.75. The first-order valence-corrected chi connectivity index (χ1v) is 6.52. The predicted molar refractivity (Wildman–Crippen MR) is 68.3 cm³/mol. The van der Waals surface area contributed by atoms with Gasteiger partial charge in [-0.15, -0.1) is 0 Å². The summed E-state index contributed by atoms with van der Waals surface area (Å²) >= 11 is 0. The molecule has 0 aliphatic carbocycles. The van der Waals surface area contributed by atoms with Gasteiger partial charge in [0.1, 0.15) is 5.76 Å². The number of aromatic nitrogens is 1. The monoisotopic (exact) mass is 282 g/mol. The van der Waals surface area contributed by atoms with Gasteiger partial charge in [-0.2, -0.15) is 0 Å². The number of aryl methyl sites for hydroxylation is 2. The van der Waals surface area contributed by atoms with E-state index in [0.717, 1.165) is 11.3 Å². The van der Waals surface area contributed by atoms with Crippen molar-refractivity contribution in [3.05, 3.63) is 17.0 Å². The number of hydrogen-bond acceptors (Lipinski definition) is 5. The van der Waals surface area contributed by atoms with Crippen molar-refractivity contribution in [3.8, 4) is 0 Å². The molecule has 7 nitrogen and oxygen atoms in total. The highest BCUT2D eigenvalue weighted by molar-refractivity contribution is 5.84. The topological polar surface area (TPSA) is 92.9 Å². The third-order valence-electron chi connectivity index (χ3n) is 3.50. The summed E-state index contributed by atoms with van der Waals surface area (Å²) in [6.45, 7) is 4.37. The summed E-state index contributed by atoms with van der Waals surface area (Å²) in [7, 11) is 0. The standard InChI is InChI=1S/C13H18N2O5/c1-8-10(9(2)20-14-8)3-4-12(16)15-5-6-19-7-11(15)13(17)18/h11H,3-7H2,1-2H3,(H,17,18). The van der Waals surface area contributed by atoms with Crippen LogP contribution in [0.3, 0.4) is 0 Å². The number of rotatable bonds is 4. The molecule has 0 bridgehead atoms. The van der Waals surface area contributed by atoms with Crippen LogP contribution in [0.5, 0.6) is 0 Å². The number of carbonyl (C=O) groups excluding carboxylic acids is 1. The van der Waals surface area contributed by atoms with E-state index in [-0.39, 0.29) is 18.9 Å². The molecule has 1 aliphatic heterocycles. The van der Waals surface area contributed by atoms with Crippen molar-refractivity contribution in [2.75, 3.05) is 19.8 Å². The highest BCUT2D eigenvalue weighted by Crippen LogP contribution is 2.16. The zero-order valence-electron chi connectivity index (χ0n) is 11.6. The van der Waals surface area contributed by atoms with Crippen molar-refractivity contribution in [2.24, 2.45) is 0 Å². The number of carboxylic acid groups (broad SMARTS) is 1. The highest BCUT2D eigenvalue weighted by atomic mass is 16.5. The van der Waals surface area contributed by atoms with E-state index in [1.54, 1.807) is 6.92 Å². The Labute approximate surface area is 116 Å². The van der Waals surface area contributed by atoms with Crippen LogP contribution in [0.1, 0.15) is 23.4 Å². The number of amides is 1. The molecule has 1 N–H and O–H groups in total. The lowest BCUT2D eigenvalue weighted by Gasteiger charge is -2.32. The van der Waals surface area contributed by atoms with Crippen molar-refractivity contribution in [3.63, 3.8) is 0 Å². The number of nitrogens with zero attached hydrogens (tertiary/aromatic N) is 2. The van der Waals surface area contributed by atoms with Gasteiger partial charge in [0.05, 0.1) is 18.9 Å². The van der Waals surface area contributed by atoms with Crippen molar-refractivity contribution in [1.29, 1.82) is 0 Å². The normalized spacial score (nSPS) is 19.1. The second kappa shape index (κ2) is 6.04. The Balaban J connectivity index is 1.98. The fourth-order valence-corrected chi connectivity index (χ4v) is 2.34. The summed E-state index contributed by atoms with van der Waals surface area (Å²) in [5, 5.41) is 12.9. The van der Waals surface area contributed by atoms with Crippen LogP contribution in [-0.2, 0) is 20.7 Å². The minimum Gasteiger partial charge on any atom is -0.480 e. The van der Waals surface area contributed by atoms with Gasteiger partial charge in [-0.05, 0) is 20.3 Å². The molecule has 1 saturated heterocycles. The Hall–Kier alpha value is -1.89. The second-order valence-electron chi connectivity index (χ2n) is 4.82. The number of carbonyl (C=O) groups is 2. The van der Waals surface area contributed by atoms with Crippen LogP contribution in [0.15, 0.2) is 4.52 Å². The van der Waals surface area contributed by atoms with E-state index < -0.39 is 12.0 Å². The van der Waals surface area contributed by atoms with Crippen LogP contribution in [0, 0.1) is 13.8 Å². The number of carboxylic acids is 1. The first kappa shape index (κ1) is 14.5. The Morgan fingerprint density at radius 1 is 1.45 bits per heavy atom. The molecule has 1 unspecified atom stereocenters. The van der Waals surface area contributed by atoms with E-state index in [4.69, 9.17) is 14.4 Å². The Morgan fingerprint density at radius 3 is 2.80 bits per heavy atom. The van der Waals surface area contributed by atoms with Crippen LogP contribution in [-0.4, -0.2) is 52.8 Å². The lowest BCUT2D eigenvalue weighted by atomic mass is 10.1. The Morgan fingerprint density at radius 2 is 2.20 bits per heavy atom. The number of aliphatic carboxylic acids is 1. The van der Waals surface area contributed by atoms with Crippen LogP contribution in [0.25, 0.3) is 0 Å². The van der Waals surface area contributed by atoms with Crippen LogP contribution >= 0.6 is 0 Å². The fourth-order valence-electron chi connectivity index (χ4n) is 2.34. The van der Waals surface area contributed by atoms with Gasteiger partial charge < -0.3 is 19.3 Å². The zero-order chi connectivity index (χ0) is 14.7. The van der Waals surface area contributed by atoms with Gasteiger partial charge >= 0.3 is 5.97 Å². The maximum absolute atomic E-state index is 12.2. The molecule has 0 radical (unpaired) electrons. The summed E-state index contributed by atoms with van der Waals surface area (Å²) in [4.78, 5) is 24.7. The molecule has 1 aromatic heterocycles. The van der Waals surface area contributed by atoms with Crippen LogP contribution < -0.4 is 0 Å². The van der Waals surface area contributed by atoms with Gasteiger partial charge in [0.2, 0.25) is 5.91 Å². The lowest BCUT2D eigenvalue weighted by Crippen LogP contribution is -2.52. The molecule has 0 aromatic carbocycles. The molecule has 1 aromatic rings. The molecule has 2 heterocycles. The molecule has 1 amide bonds. The van der Waals surface area contributed by atoms with E-state index >= 15 is 0 Å². The van der Waals surface area contributed by atoms with E-state index in [1.807, 2.05) is 6.92 Å². The predicted octanol–water partition coefficient (Wildman–Crippen LogP) is 0.536. The summed E-state index contributed by atoms with van der Waals surface area (Å²) < 4.78 is 10.2. The molecule has 110 valence electrons. The van der Waals surface area contributed by atoms with Gasteiger partial charge in [0, 0.05) is 18.5 Å². The third kappa shape index (κ3) is 2.98. The number of morpholine rings is 1. The molecular formula is C13H18N2O5. The number of hydrogen-bond donors (Lipinski definition) is 1. The first-order valence-electron chi connectivity index (χ1n) is 6.52. The van der Waals surface area contributed by atoms with Crippen LogP contribution in [0.2, 0.25) is 0 Å². The molecule has 7 heteroatoms. The zero-order valence-corrected chi connectivity index (χ0v) is 11.6. The van der Waals surface area contributed by atoms with Crippen LogP contribution in [0.4, 0.5) is 0 Å². The van der Waals surface area contributed by atoms with Gasteiger partial charge in [-0.1, -0.05) is 5.16 Å². The summed E-state index contributed by atoms with van der Waals surface area (Å²) in [5.74, 6) is -0.511. The molecule has 1 aliphatic rings. The minimum atomic E-state index is -1.03.